The summed E-state index contributed by atoms with van der Waals surface area (Å²) in [6.45, 7) is 2.85. The summed E-state index contributed by atoms with van der Waals surface area (Å²) in [6, 6.07) is 19.4. The minimum atomic E-state index is -0.285. The Bertz CT molecular complexity index is 1440. The lowest BCUT2D eigenvalue weighted by Crippen LogP contribution is -2.26. The van der Waals surface area contributed by atoms with Gasteiger partial charge in [-0.3, -0.25) is 14.6 Å². The zero-order chi connectivity index (χ0) is 25.6. The van der Waals surface area contributed by atoms with Gasteiger partial charge in [0, 0.05) is 42.1 Å². The van der Waals surface area contributed by atoms with E-state index in [1.165, 1.54) is 0 Å². The molecule has 4 aromatic rings. The molecule has 3 heterocycles. The molecule has 5 rings (SSSR count). The molecule has 2 aromatic heterocycles. The van der Waals surface area contributed by atoms with Gasteiger partial charge in [-0.2, -0.15) is 0 Å². The fourth-order valence-corrected chi connectivity index (χ4v) is 4.25. The van der Waals surface area contributed by atoms with E-state index in [9.17, 15) is 4.79 Å². The van der Waals surface area contributed by atoms with Crippen LogP contribution >= 0.6 is 0 Å². The second-order valence-electron chi connectivity index (χ2n) is 8.98. The molecule has 37 heavy (non-hydrogen) atoms. The molecule has 0 saturated heterocycles. The minimum absolute atomic E-state index is 0.120. The maximum Gasteiger partial charge on any atom is 0.275 e. The van der Waals surface area contributed by atoms with E-state index in [0.29, 0.717) is 36.6 Å². The number of ether oxygens (including phenoxy) is 1. The van der Waals surface area contributed by atoms with Gasteiger partial charge >= 0.3 is 0 Å². The largest absolute Gasteiger partial charge is 0.498 e. The Labute approximate surface area is 215 Å². The highest BCUT2D eigenvalue weighted by Gasteiger charge is 2.14. The number of anilines is 2. The average Bonchev–Trinajstić information content (AvgIpc) is 3.44. The molecule has 0 bridgehead atoms. The summed E-state index contributed by atoms with van der Waals surface area (Å²) in [5, 5.41) is 4.43. The van der Waals surface area contributed by atoms with Gasteiger partial charge in [0.15, 0.2) is 0 Å². The summed E-state index contributed by atoms with van der Waals surface area (Å²) in [4.78, 5) is 27.0. The van der Waals surface area contributed by atoms with Crippen molar-refractivity contribution in [3.05, 3.63) is 95.9 Å². The molecular weight excluding hydrogens is 466 g/mol. The number of hydrogen-bond donors (Lipinski definition) is 3. The Kier molecular flexibility index (Phi) is 7.28. The van der Waals surface area contributed by atoms with Crippen molar-refractivity contribution in [1.29, 1.82) is 0 Å². The highest BCUT2D eigenvalue weighted by Crippen LogP contribution is 2.26. The number of nitrogen functional groups attached to an aromatic ring is 1. The van der Waals surface area contributed by atoms with Gasteiger partial charge in [0.1, 0.15) is 11.9 Å². The molecule has 0 spiro atoms. The smallest absolute Gasteiger partial charge is 0.275 e. The molecule has 1 aliphatic heterocycles. The van der Waals surface area contributed by atoms with Crippen LogP contribution in [0.2, 0.25) is 0 Å². The molecule has 1 atom stereocenters. The van der Waals surface area contributed by atoms with Gasteiger partial charge in [0.2, 0.25) is 0 Å². The van der Waals surface area contributed by atoms with Gasteiger partial charge in [-0.05, 0) is 66.6 Å². The number of nitrogens with two attached hydrogens (primary N) is 1. The number of hydroxylamine groups is 1. The van der Waals surface area contributed by atoms with Crippen molar-refractivity contribution >= 4 is 28.3 Å². The third kappa shape index (κ3) is 5.87. The maximum atomic E-state index is 12.6. The van der Waals surface area contributed by atoms with Gasteiger partial charge in [-0.25, -0.2) is 10.5 Å². The van der Waals surface area contributed by atoms with E-state index in [4.69, 9.17) is 20.3 Å². The number of aromatic nitrogens is 2. The molecule has 0 aliphatic carbocycles. The van der Waals surface area contributed by atoms with Crippen molar-refractivity contribution in [2.45, 2.75) is 32.4 Å². The molecule has 188 valence electrons. The normalized spacial score (nSPS) is 14.5. The van der Waals surface area contributed by atoms with Crippen LogP contribution in [0.1, 0.15) is 34.3 Å². The molecule has 0 fully saturated rings. The van der Waals surface area contributed by atoms with Crippen molar-refractivity contribution < 1.29 is 14.4 Å². The van der Waals surface area contributed by atoms with Crippen LogP contribution in [0.4, 0.5) is 11.5 Å². The summed E-state index contributed by atoms with van der Waals surface area (Å²) >= 11 is 0. The topological polar surface area (TPSA) is 111 Å². The van der Waals surface area contributed by atoms with E-state index < -0.39 is 0 Å². The lowest BCUT2D eigenvalue weighted by atomic mass is 10.0. The second kappa shape index (κ2) is 11.1. The highest BCUT2D eigenvalue weighted by molar-refractivity contribution is 5.95. The number of nitrogens with zero attached hydrogens (tertiary/aromatic N) is 2. The van der Waals surface area contributed by atoms with Crippen molar-refractivity contribution in [2.24, 2.45) is 0 Å². The summed E-state index contributed by atoms with van der Waals surface area (Å²) in [6.07, 6.45) is 7.17. The number of aryl methyl sites for hydroxylation is 1. The average molecular weight is 496 g/mol. The number of carbonyl (C=O) groups is 1. The number of benzene rings is 2. The molecule has 4 N–H and O–H groups in total. The number of rotatable bonds is 9. The van der Waals surface area contributed by atoms with Gasteiger partial charge in [-0.15, -0.1) is 0 Å². The number of nitrogens with one attached hydrogen (secondary N) is 2. The molecule has 0 saturated carbocycles. The first-order chi connectivity index (χ1) is 18.1. The lowest BCUT2D eigenvalue weighted by Gasteiger charge is -2.13. The predicted molar refractivity (Wildman–Crippen MR) is 145 cm³/mol. The zero-order valence-electron chi connectivity index (χ0n) is 20.6. The molecule has 2 aromatic carbocycles. The van der Waals surface area contributed by atoms with Crippen LogP contribution in [-0.2, 0) is 16.1 Å². The minimum Gasteiger partial charge on any atom is -0.498 e. The first-order valence-corrected chi connectivity index (χ1v) is 12.2. The summed E-state index contributed by atoms with van der Waals surface area (Å²) in [5.74, 6) is 0.325. The van der Waals surface area contributed by atoms with E-state index in [-0.39, 0.29) is 12.0 Å². The third-order valence-corrected chi connectivity index (χ3v) is 6.29. The SMILES string of the molecule is Cc1cc(-c2ccc(N)c(NCc3ccc4ncccc4c3)n2)ccc1C(=O)NOCCC1CC=CO1. The molecule has 1 amide bonds. The summed E-state index contributed by atoms with van der Waals surface area (Å²) in [5.41, 5.74) is 14.4. The number of fused-ring (bicyclic) bond motifs is 1. The monoisotopic (exact) mass is 495 g/mol. The van der Waals surface area contributed by atoms with Gasteiger partial charge in [0.05, 0.1) is 29.8 Å². The summed E-state index contributed by atoms with van der Waals surface area (Å²) in [7, 11) is 0. The predicted octanol–water partition coefficient (Wildman–Crippen LogP) is 5.15. The summed E-state index contributed by atoms with van der Waals surface area (Å²) < 4.78 is 5.39. The Morgan fingerprint density at radius 3 is 2.92 bits per heavy atom. The first kappa shape index (κ1) is 24.3. The van der Waals surface area contributed by atoms with Crippen LogP contribution in [0.25, 0.3) is 22.2 Å². The molecular formula is C29H29N5O3. The van der Waals surface area contributed by atoms with E-state index in [2.05, 4.69) is 21.8 Å². The Morgan fingerprint density at radius 1 is 1.16 bits per heavy atom. The van der Waals surface area contributed by atoms with Gasteiger partial charge < -0.3 is 15.8 Å². The Hall–Kier alpha value is -4.43. The van der Waals surface area contributed by atoms with Crippen molar-refractivity contribution in [3.63, 3.8) is 0 Å². The fraction of sp³-hybridized carbons (Fsp3) is 0.207. The Balaban J connectivity index is 1.22. The van der Waals surface area contributed by atoms with Gasteiger partial charge in [-0.1, -0.05) is 18.2 Å². The number of pyridine rings is 2. The van der Waals surface area contributed by atoms with Crippen molar-refractivity contribution in [3.8, 4) is 11.3 Å². The molecule has 1 unspecified atom stereocenters. The highest BCUT2D eigenvalue weighted by atomic mass is 16.7. The third-order valence-electron chi connectivity index (χ3n) is 6.29. The van der Waals surface area contributed by atoms with Crippen LogP contribution in [0.5, 0.6) is 0 Å². The number of amides is 1. The van der Waals surface area contributed by atoms with Crippen LogP contribution in [-0.4, -0.2) is 28.6 Å². The fourth-order valence-electron chi connectivity index (χ4n) is 4.25. The molecule has 8 nitrogen and oxygen atoms in total. The van der Waals surface area contributed by atoms with Crippen LogP contribution in [0.15, 0.2) is 79.2 Å². The van der Waals surface area contributed by atoms with Crippen LogP contribution in [0, 0.1) is 6.92 Å². The quantitative estimate of drug-likeness (QED) is 0.217. The van der Waals surface area contributed by atoms with Crippen molar-refractivity contribution in [1.82, 2.24) is 15.4 Å². The van der Waals surface area contributed by atoms with Crippen molar-refractivity contribution in [2.75, 3.05) is 17.7 Å². The number of hydrogen-bond acceptors (Lipinski definition) is 7. The standard InChI is InChI=1S/C29H29N5O3/c1-19-16-22(7-8-24(19)29(35)34-37-15-12-23-5-3-14-36-23)27-11-9-25(30)28(33-27)32-18-20-6-10-26-21(17-20)4-2-13-31-26/h2-4,6-11,13-14,16-17,23H,5,12,15,18,30H2,1H3,(H,32,33)(H,34,35). The second-order valence-corrected chi connectivity index (χ2v) is 8.98. The first-order valence-electron chi connectivity index (χ1n) is 12.2. The van der Waals surface area contributed by atoms with Crippen LogP contribution in [0.3, 0.4) is 0 Å². The Morgan fingerprint density at radius 2 is 2.08 bits per heavy atom. The molecule has 0 radical (unpaired) electrons. The maximum absolute atomic E-state index is 12.6. The van der Waals surface area contributed by atoms with E-state index in [1.807, 2.05) is 61.5 Å². The van der Waals surface area contributed by atoms with Crippen LogP contribution < -0.4 is 16.5 Å². The van der Waals surface area contributed by atoms with E-state index in [1.54, 1.807) is 18.5 Å². The number of carbonyl (C=O) groups excluding carboxylic acids is 1. The van der Waals surface area contributed by atoms with E-state index >= 15 is 0 Å². The van der Waals surface area contributed by atoms with Gasteiger partial charge in [0.25, 0.3) is 5.91 Å². The van der Waals surface area contributed by atoms with E-state index in [0.717, 1.165) is 39.7 Å². The molecule has 8 heteroatoms. The zero-order valence-corrected chi connectivity index (χ0v) is 20.6. The lowest BCUT2D eigenvalue weighted by molar-refractivity contribution is 0.0172. The molecule has 1 aliphatic rings.